The first-order chi connectivity index (χ1) is 7.20. The van der Waals surface area contributed by atoms with Crippen LogP contribution in [0.4, 0.5) is 5.95 Å². The minimum Gasteiger partial charge on any atom is -0.341 e. The second kappa shape index (κ2) is 4.35. The predicted octanol–water partition coefficient (Wildman–Crippen LogP) is 2.37. The predicted molar refractivity (Wildman–Crippen MR) is 62.3 cm³/mol. The van der Waals surface area contributed by atoms with Crippen molar-refractivity contribution in [2.24, 2.45) is 5.92 Å². The lowest BCUT2D eigenvalue weighted by Gasteiger charge is -2.16. The number of aryl methyl sites for hydroxylation is 1. The number of halogens is 1. The third-order valence-corrected chi connectivity index (χ3v) is 3.21. The molecular formula is C11H16ClN3. The van der Waals surface area contributed by atoms with Crippen LogP contribution in [0.1, 0.15) is 24.6 Å². The molecule has 0 bridgehead atoms. The zero-order valence-corrected chi connectivity index (χ0v) is 9.96. The highest BCUT2D eigenvalue weighted by Crippen LogP contribution is 2.21. The van der Waals surface area contributed by atoms with Crippen LogP contribution in [-0.2, 0) is 5.88 Å². The lowest BCUT2D eigenvalue weighted by molar-refractivity contribution is 0.658. The van der Waals surface area contributed by atoms with Crippen molar-refractivity contribution >= 4 is 17.5 Å². The van der Waals surface area contributed by atoms with Crippen molar-refractivity contribution in [3.8, 4) is 0 Å². The molecule has 0 N–H and O–H groups in total. The number of alkyl halides is 1. The summed E-state index contributed by atoms with van der Waals surface area (Å²) in [6, 6.07) is 0. The average molecular weight is 226 g/mol. The molecule has 1 aromatic heterocycles. The molecule has 1 fully saturated rings. The maximum absolute atomic E-state index is 5.77. The maximum atomic E-state index is 5.77. The lowest BCUT2D eigenvalue weighted by Crippen LogP contribution is -2.22. The summed E-state index contributed by atoms with van der Waals surface area (Å²) in [4.78, 5) is 11.1. The summed E-state index contributed by atoms with van der Waals surface area (Å²) in [6.45, 7) is 6.39. The van der Waals surface area contributed by atoms with E-state index in [0.717, 1.165) is 36.2 Å². The van der Waals surface area contributed by atoms with Gasteiger partial charge in [0.15, 0.2) is 0 Å². The monoisotopic (exact) mass is 225 g/mol. The molecule has 1 atom stereocenters. The van der Waals surface area contributed by atoms with Crippen LogP contribution in [-0.4, -0.2) is 23.1 Å². The van der Waals surface area contributed by atoms with Gasteiger partial charge >= 0.3 is 0 Å². The van der Waals surface area contributed by atoms with E-state index in [1.807, 2.05) is 13.1 Å². The Balaban J connectivity index is 2.19. The summed E-state index contributed by atoms with van der Waals surface area (Å²) >= 11 is 5.77. The van der Waals surface area contributed by atoms with Gasteiger partial charge in [0.05, 0.1) is 5.88 Å². The van der Waals surface area contributed by atoms with Gasteiger partial charge in [0.2, 0.25) is 5.95 Å². The fourth-order valence-electron chi connectivity index (χ4n) is 1.88. The van der Waals surface area contributed by atoms with Gasteiger partial charge in [0, 0.05) is 30.5 Å². The van der Waals surface area contributed by atoms with Crippen molar-refractivity contribution in [1.29, 1.82) is 0 Å². The molecule has 1 aliphatic heterocycles. The van der Waals surface area contributed by atoms with E-state index in [4.69, 9.17) is 11.6 Å². The Kier molecular flexibility index (Phi) is 3.10. The highest BCUT2D eigenvalue weighted by atomic mass is 35.5. The molecule has 3 nitrogen and oxygen atoms in total. The van der Waals surface area contributed by atoms with Crippen molar-refractivity contribution in [3.63, 3.8) is 0 Å². The standard InChI is InChI=1S/C11H16ClN3/c1-8-3-4-15(7-8)11-13-6-10(5-12)9(2)14-11/h6,8H,3-5,7H2,1-2H3. The summed E-state index contributed by atoms with van der Waals surface area (Å²) in [7, 11) is 0. The molecule has 15 heavy (non-hydrogen) atoms. The third kappa shape index (κ3) is 2.23. The molecule has 0 aromatic carbocycles. The van der Waals surface area contributed by atoms with E-state index < -0.39 is 0 Å². The summed E-state index contributed by atoms with van der Waals surface area (Å²) in [6.07, 6.45) is 3.08. The molecule has 82 valence electrons. The molecule has 0 spiro atoms. The number of hydrogen-bond donors (Lipinski definition) is 0. The first-order valence-corrected chi connectivity index (χ1v) is 5.87. The minimum atomic E-state index is 0.489. The SMILES string of the molecule is Cc1nc(N2CCC(C)C2)ncc1CCl. The van der Waals surface area contributed by atoms with Gasteiger partial charge < -0.3 is 4.90 Å². The Morgan fingerprint density at radius 1 is 1.60 bits per heavy atom. The molecule has 2 rings (SSSR count). The number of rotatable bonds is 2. The van der Waals surface area contributed by atoms with Crippen molar-refractivity contribution in [3.05, 3.63) is 17.5 Å². The van der Waals surface area contributed by atoms with Crippen LogP contribution in [0, 0.1) is 12.8 Å². The lowest BCUT2D eigenvalue weighted by atomic mass is 10.2. The molecule has 0 aliphatic carbocycles. The molecule has 0 radical (unpaired) electrons. The van der Waals surface area contributed by atoms with Crippen LogP contribution < -0.4 is 4.90 Å². The normalized spacial score (nSPS) is 21.0. The first-order valence-electron chi connectivity index (χ1n) is 5.34. The smallest absolute Gasteiger partial charge is 0.225 e. The number of anilines is 1. The van der Waals surface area contributed by atoms with E-state index >= 15 is 0 Å². The van der Waals surface area contributed by atoms with Crippen LogP contribution in [0.3, 0.4) is 0 Å². The van der Waals surface area contributed by atoms with Crippen LogP contribution in [0.15, 0.2) is 6.20 Å². The molecule has 1 aliphatic rings. The second-order valence-corrected chi connectivity index (χ2v) is 4.52. The number of hydrogen-bond acceptors (Lipinski definition) is 3. The Labute approximate surface area is 95.5 Å². The largest absolute Gasteiger partial charge is 0.341 e. The topological polar surface area (TPSA) is 29.0 Å². The molecule has 0 saturated carbocycles. The maximum Gasteiger partial charge on any atom is 0.225 e. The average Bonchev–Trinajstić information content (AvgIpc) is 2.65. The van der Waals surface area contributed by atoms with Gasteiger partial charge in [-0.1, -0.05) is 6.92 Å². The van der Waals surface area contributed by atoms with Gasteiger partial charge in [-0.15, -0.1) is 11.6 Å². The van der Waals surface area contributed by atoms with Gasteiger partial charge in [0.25, 0.3) is 0 Å². The van der Waals surface area contributed by atoms with Crippen molar-refractivity contribution in [2.45, 2.75) is 26.1 Å². The van der Waals surface area contributed by atoms with E-state index in [9.17, 15) is 0 Å². The zero-order valence-electron chi connectivity index (χ0n) is 9.20. The molecule has 0 amide bonds. The van der Waals surface area contributed by atoms with Gasteiger partial charge in [-0.3, -0.25) is 0 Å². The quantitative estimate of drug-likeness (QED) is 0.724. The van der Waals surface area contributed by atoms with Gasteiger partial charge in [-0.25, -0.2) is 9.97 Å². The van der Waals surface area contributed by atoms with E-state index in [1.54, 1.807) is 0 Å². The molecule has 1 aromatic rings. The Morgan fingerprint density at radius 3 is 2.93 bits per heavy atom. The summed E-state index contributed by atoms with van der Waals surface area (Å²) < 4.78 is 0. The Bertz CT molecular complexity index is 354. The summed E-state index contributed by atoms with van der Waals surface area (Å²) in [5, 5.41) is 0. The number of nitrogens with zero attached hydrogens (tertiary/aromatic N) is 3. The zero-order chi connectivity index (χ0) is 10.8. The summed E-state index contributed by atoms with van der Waals surface area (Å²) in [5.74, 6) is 2.09. The molecule has 1 unspecified atom stereocenters. The highest BCUT2D eigenvalue weighted by Gasteiger charge is 2.21. The number of aromatic nitrogens is 2. The van der Waals surface area contributed by atoms with Crippen LogP contribution in [0.25, 0.3) is 0 Å². The summed E-state index contributed by atoms with van der Waals surface area (Å²) in [5.41, 5.74) is 2.02. The van der Waals surface area contributed by atoms with Gasteiger partial charge in [0.1, 0.15) is 0 Å². The first kappa shape index (κ1) is 10.7. The fourth-order valence-corrected chi connectivity index (χ4v) is 2.14. The highest BCUT2D eigenvalue weighted by molar-refractivity contribution is 6.17. The fraction of sp³-hybridized carbons (Fsp3) is 0.636. The molecule has 2 heterocycles. The second-order valence-electron chi connectivity index (χ2n) is 4.25. The Morgan fingerprint density at radius 2 is 2.40 bits per heavy atom. The van der Waals surface area contributed by atoms with Crippen LogP contribution in [0.5, 0.6) is 0 Å². The van der Waals surface area contributed by atoms with E-state index in [0.29, 0.717) is 5.88 Å². The van der Waals surface area contributed by atoms with Crippen LogP contribution in [0.2, 0.25) is 0 Å². The molecule has 1 saturated heterocycles. The van der Waals surface area contributed by atoms with Crippen molar-refractivity contribution < 1.29 is 0 Å². The van der Waals surface area contributed by atoms with Crippen LogP contribution >= 0.6 is 11.6 Å². The third-order valence-electron chi connectivity index (χ3n) is 2.92. The van der Waals surface area contributed by atoms with E-state index in [2.05, 4.69) is 21.8 Å². The minimum absolute atomic E-state index is 0.489. The van der Waals surface area contributed by atoms with E-state index in [1.165, 1.54) is 6.42 Å². The molecule has 4 heteroatoms. The Hall–Kier alpha value is -0.830. The van der Waals surface area contributed by atoms with Crippen molar-refractivity contribution in [1.82, 2.24) is 9.97 Å². The molecular weight excluding hydrogens is 210 g/mol. The van der Waals surface area contributed by atoms with Gasteiger partial charge in [-0.2, -0.15) is 0 Å². The van der Waals surface area contributed by atoms with E-state index in [-0.39, 0.29) is 0 Å². The van der Waals surface area contributed by atoms with Gasteiger partial charge in [-0.05, 0) is 19.3 Å². The van der Waals surface area contributed by atoms with Crippen molar-refractivity contribution in [2.75, 3.05) is 18.0 Å².